The van der Waals surface area contributed by atoms with Gasteiger partial charge in [-0.25, -0.2) is 9.37 Å². The minimum Gasteiger partial charge on any atom is -0.383 e. The van der Waals surface area contributed by atoms with Crippen molar-refractivity contribution in [2.45, 2.75) is 6.92 Å². The molecule has 0 radical (unpaired) electrons. The number of hydrogen-bond donors (Lipinski definition) is 1. The van der Waals surface area contributed by atoms with Crippen LogP contribution >= 0.6 is 0 Å². The highest BCUT2D eigenvalue weighted by atomic mass is 19.1. The highest BCUT2D eigenvalue weighted by Crippen LogP contribution is 2.28. The molecule has 34 heavy (non-hydrogen) atoms. The van der Waals surface area contributed by atoms with Gasteiger partial charge in [0.25, 0.3) is 5.91 Å². The summed E-state index contributed by atoms with van der Waals surface area (Å²) in [5.41, 5.74) is 3.77. The maximum Gasteiger partial charge on any atom is 0.257 e. The number of rotatable bonds is 6. The van der Waals surface area contributed by atoms with E-state index in [1.165, 1.54) is 6.07 Å². The molecule has 1 fully saturated rings. The quantitative estimate of drug-likeness (QED) is 0.470. The summed E-state index contributed by atoms with van der Waals surface area (Å²) in [5.74, 6) is -0.882. The average Bonchev–Trinajstić information content (AvgIpc) is 3.23. The molecule has 1 saturated heterocycles. The van der Waals surface area contributed by atoms with Crippen molar-refractivity contribution in [3.63, 3.8) is 0 Å². The van der Waals surface area contributed by atoms with Crippen LogP contribution in [0.4, 0.5) is 15.8 Å². The predicted molar refractivity (Wildman–Crippen MR) is 128 cm³/mol. The lowest BCUT2D eigenvalue weighted by Crippen LogP contribution is -2.47. The Labute approximate surface area is 196 Å². The number of hydrogen-bond acceptors (Lipinski definition) is 7. The lowest BCUT2D eigenvalue weighted by Gasteiger charge is -2.36. The number of fused-ring (bicyclic) bond motifs is 2. The molecule has 3 aromatic heterocycles. The van der Waals surface area contributed by atoms with Gasteiger partial charge in [0.15, 0.2) is 11.5 Å². The van der Waals surface area contributed by atoms with Crippen LogP contribution in [0.3, 0.4) is 0 Å². The number of amides is 1. The summed E-state index contributed by atoms with van der Waals surface area (Å²) in [6.45, 7) is 6.97. The van der Waals surface area contributed by atoms with E-state index in [0.29, 0.717) is 28.0 Å². The summed E-state index contributed by atoms with van der Waals surface area (Å²) in [7, 11) is 1.71. The van der Waals surface area contributed by atoms with E-state index in [1.54, 1.807) is 49.3 Å². The fourth-order valence-electron chi connectivity index (χ4n) is 4.36. The zero-order valence-electron chi connectivity index (χ0n) is 19.2. The molecule has 1 aliphatic rings. The normalized spacial score (nSPS) is 14.7. The van der Waals surface area contributed by atoms with Crippen molar-refractivity contribution >= 4 is 34.0 Å². The van der Waals surface area contributed by atoms with E-state index in [-0.39, 0.29) is 11.6 Å². The van der Waals surface area contributed by atoms with Gasteiger partial charge in [-0.2, -0.15) is 0 Å². The van der Waals surface area contributed by atoms with Gasteiger partial charge in [-0.3, -0.25) is 19.7 Å². The second-order valence-corrected chi connectivity index (χ2v) is 8.35. The largest absolute Gasteiger partial charge is 0.383 e. The number of piperazine rings is 1. The summed E-state index contributed by atoms with van der Waals surface area (Å²) < 4.78 is 21.2. The minimum atomic E-state index is -0.504. The van der Waals surface area contributed by atoms with Gasteiger partial charge in [0.05, 0.1) is 29.2 Å². The number of carbonyl (C=O) groups excluding carboxylic acids is 1. The number of ether oxygens (including phenoxy) is 1. The van der Waals surface area contributed by atoms with Crippen molar-refractivity contribution in [1.29, 1.82) is 0 Å². The zero-order chi connectivity index (χ0) is 23.7. The number of aryl methyl sites for hydroxylation is 1. The average molecular weight is 464 g/mol. The van der Waals surface area contributed by atoms with Gasteiger partial charge in [0, 0.05) is 70.7 Å². The van der Waals surface area contributed by atoms with Crippen LogP contribution < -0.4 is 10.2 Å². The minimum absolute atomic E-state index is 0.221. The van der Waals surface area contributed by atoms with Crippen molar-refractivity contribution in [2.75, 3.05) is 56.7 Å². The molecule has 1 N–H and O–H groups in total. The number of imidazole rings is 1. The smallest absolute Gasteiger partial charge is 0.257 e. The summed E-state index contributed by atoms with van der Waals surface area (Å²) in [5, 5.41) is 2.79. The molecule has 0 saturated carbocycles. The molecule has 0 aliphatic carbocycles. The standard InChI is InChI=1S/C24H26FN7O2/c1-16-14-32-15-17(13-19(25)23(32)28-16)29-24(33)18-3-4-20(22-21(18)26-5-6-27-22)31-9-7-30(8-10-31)11-12-34-2/h3-6,13-15H,7-12H2,1-2H3,(H,29,33). The van der Waals surface area contributed by atoms with Gasteiger partial charge in [0.2, 0.25) is 0 Å². The molecular weight excluding hydrogens is 437 g/mol. The SMILES string of the molecule is COCCN1CCN(c2ccc(C(=O)Nc3cc(F)c4nc(C)cn4c3)c3nccnc23)CC1. The molecule has 0 bridgehead atoms. The first kappa shape index (κ1) is 22.2. The van der Waals surface area contributed by atoms with E-state index < -0.39 is 5.82 Å². The lowest BCUT2D eigenvalue weighted by molar-refractivity contribution is 0.102. The van der Waals surface area contributed by atoms with Crippen LogP contribution in [0.5, 0.6) is 0 Å². The predicted octanol–water partition coefficient (Wildman–Crippen LogP) is 2.75. The number of methoxy groups -OCH3 is 1. The Morgan fingerprint density at radius 1 is 1.12 bits per heavy atom. The van der Waals surface area contributed by atoms with E-state index in [2.05, 4.69) is 30.1 Å². The monoisotopic (exact) mass is 463 g/mol. The topological polar surface area (TPSA) is 87.9 Å². The lowest BCUT2D eigenvalue weighted by atomic mass is 10.1. The maximum atomic E-state index is 14.4. The number of anilines is 2. The zero-order valence-corrected chi connectivity index (χ0v) is 19.2. The fraction of sp³-hybridized carbons (Fsp3) is 0.333. The van der Waals surface area contributed by atoms with E-state index in [1.807, 2.05) is 6.07 Å². The van der Waals surface area contributed by atoms with E-state index in [4.69, 9.17) is 4.74 Å². The van der Waals surface area contributed by atoms with Gasteiger partial charge in [-0.1, -0.05) is 0 Å². The van der Waals surface area contributed by atoms with Gasteiger partial charge in [-0.15, -0.1) is 0 Å². The van der Waals surface area contributed by atoms with Crippen LogP contribution in [0.25, 0.3) is 16.7 Å². The molecule has 1 aliphatic heterocycles. The third-order valence-corrected chi connectivity index (χ3v) is 6.06. The molecule has 1 amide bonds. The Hall–Kier alpha value is -3.63. The molecule has 176 valence electrons. The summed E-state index contributed by atoms with van der Waals surface area (Å²) in [4.78, 5) is 30.9. The summed E-state index contributed by atoms with van der Waals surface area (Å²) in [6.07, 6.45) is 6.55. The highest BCUT2D eigenvalue weighted by molar-refractivity contribution is 6.13. The van der Waals surface area contributed by atoms with Crippen molar-refractivity contribution in [3.8, 4) is 0 Å². The third kappa shape index (κ3) is 4.29. The Morgan fingerprint density at radius 3 is 2.65 bits per heavy atom. The summed E-state index contributed by atoms with van der Waals surface area (Å²) >= 11 is 0. The molecule has 10 heteroatoms. The second-order valence-electron chi connectivity index (χ2n) is 8.35. The number of aromatic nitrogens is 4. The maximum absolute atomic E-state index is 14.4. The molecule has 4 aromatic rings. The van der Waals surface area contributed by atoms with Gasteiger partial charge in [-0.05, 0) is 19.1 Å². The molecule has 9 nitrogen and oxygen atoms in total. The van der Waals surface area contributed by atoms with E-state index >= 15 is 0 Å². The Kier molecular flexibility index (Phi) is 6.08. The van der Waals surface area contributed by atoms with Gasteiger partial charge in [0.1, 0.15) is 11.0 Å². The second kappa shape index (κ2) is 9.32. The van der Waals surface area contributed by atoms with Crippen molar-refractivity contribution in [2.24, 2.45) is 0 Å². The van der Waals surface area contributed by atoms with Crippen LogP contribution in [0.1, 0.15) is 16.1 Å². The van der Waals surface area contributed by atoms with Crippen LogP contribution in [0.2, 0.25) is 0 Å². The number of carbonyl (C=O) groups is 1. The molecule has 0 spiro atoms. The summed E-state index contributed by atoms with van der Waals surface area (Å²) in [6, 6.07) is 4.94. The Morgan fingerprint density at radius 2 is 1.88 bits per heavy atom. The van der Waals surface area contributed by atoms with Gasteiger partial charge < -0.3 is 19.4 Å². The fourth-order valence-corrected chi connectivity index (χ4v) is 4.36. The van der Waals surface area contributed by atoms with Crippen LogP contribution in [-0.4, -0.2) is 76.6 Å². The number of nitrogens with zero attached hydrogens (tertiary/aromatic N) is 6. The molecule has 0 atom stereocenters. The van der Waals surface area contributed by atoms with Crippen LogP contribution in [-0.2, 0) is 4.74 Å². The first-order valence-electron chi connectivity index (χ1n) is 11.2. The third-order valence-electron chi connectivity index (χ3n) is 6.06. The number of pyridine rings is 1. The number of halogens is 1. The Bertz CT molecular complexity index is 1350. The molecule has 1 aromatic carbocycles. The Balaban J connectivity index is 1.40. The number of nitrogens with one attached hydrogen (secondary N) is 1. The van der Waals surface area contributed by atoms with Crippen molar-refractivity contribution < 1.29 is 13.9 Å². The first-order valence-corrected chi connectivity index (χ1v) is 11.2. The molecule has 4 heterocycles. The van der Waals surface area contributed by atoms with E-state index in [9.17, 15) is 9.18 Å². The molecule has 5 rings (SSSR count). The molecular formula is C24H26FN7O2. The van der Waals surface area contributed by atoms with Crippen LogP contribution in [0, 0.1) is 12.7 Å². The molecule has 0 unspecified atom stereocenters. The van der Waals surface area contributed by atoms with Crippen LogP contribution in [0.15, 0.2) is 43.0 Å². The van der Waals surface area contributed by atoms with E-state index in [0.717, 1.165) is 45.0 Å². The van der Waals surface area contributed by atoms with Gasteiger partial charge >= 0.3 is 0 Å². The van der Waals surface area contributed by atoms with Crippen molar-refractivity contribution in [1.82, 2.24) is 24.3 Å². The number of benzene rings is 1. The van der Waals surface area contributed by atoms with Crippen molar-refractivity contribution in [3.05, 3.63) is 60.1 Å². The highest BCUT2D eigenvalue weighted by Gasteiger charge is 2.22. The first-order chi connectivity index (χ1) is 16.5.